The first-order valence-corrected chi connectivity index (χ1v) is 13.3. The van der Waals surface area contributed by atoms with Gasteiger partial charge in [-0.3, -0.25) is 9.59 Å². The summed E-state index contributed by atoms with van der Waals surface area (Å²) in [5.74, 6) is 0.826. The average Bonchev–Trinajstić information content (AvgIpc) is 3.38. The lowest BCUT2D eigenvalue weighted by atomic mass is 9.86. The first-order valence-electron chi connectivity index (χ1n) is 13.3. The summed E-state index contributed by atoms with van der Waals surface area (Å²) in [5, 5.41) is 10.3. The molecule has 196 valence electrons. The van der Waals surface area contributed by atoms with Crippen LogP contribution in [-0.2, 0) is 11.2 Å². The van der Waals surface area contributed by atoms with Crippen molar-refractivity contribution in [2.45, 2.75) is 77.5 Å². The van der Waals surface area contributed by atoms with Crippen LogP contribution in [0, 0.1) is 11.3 Å². The maximum Gasteiger partial charge on any atom is 0.274 e. The molecule has 4 rings (SSSR count). The van der Waals surface area contributed by atoms with E-state index < -0.39 is 23.6 Å². The summed E-state index contributed by atoms with van der Waals surface area (Å²) in [6, 6.07) is 9.31. The Labute approximate surface area is 214 Å². The number of unbranched alkanes of at least 4 members (excludes halogenated alkanes) is 1. The third kappa shape index (κ3) is 6.53. The van der Waals surface area contributed by atoms with Crippen LogP contribution in [0.5, 0.6) is 0 Å². The second-order valence-electron chi connectivity index (χ2n) is 11.5. The molecular formula is C28H41N5O3. The number of carbonyl (C=O) groups excluding carboxylic acids is 2. The quantitative estimate of drug-likeness (QED) is 0.438. The average molecular weight is 496 g/mol. The maximum absolute atomic E-state index is 13.4. The number of likely N-dealkylation sites (tertiary alicyclic amines) is 1. The molecule has 1 aromatic heterocycles. The molecule has 8 heteroatoms. The molecule has 1 aliphatic carbocycles. The van der Waals surface area contributed by atoms with Crippen molar-refractivity contribution < 1.29 is 14.7 Å². The number of β-amino-alcohol motifs (C(OH)–C–C–N with tert-alkyl or cyclic N) is 1. The molecule has 36 heavy (non-hydrogen) atoms. The third-order valence-electron chi connectivity index (χ3n) is 7.34. The van der Waals surface area contributed by atoms with Crippen LogP contribution in [0.15, 0.2) is 36.5 Å². The monoisotopic (exact) mass is 495 g/mol. The Bertz CT molecular complexity index is 1030. The van der Waals surface area contributed by atoms with Gasteiger partial charge in [0.25, 0.3) is 5.91 Å². The molecule has 1 saturated carbocycles. The molecule has 0 spiro atoms. The van der Waals surface area contributed by atoms with Crippen LogP contribution in [0.2, 0.25) is 0 Å². The zero-order valence-electron chi connectivity index (χ0n) is 21.8. The molecule has 2 amide bonds. The van der Waals surface area contributed by atoms with Crippen molar-refractivity contribution in [2.24, 2.45) is 17.1 Å². The summed E-state index contributed by atoms with van der Waals surface area (Å²) in [5.41, 5.74) is 7.52. The van der Waals surface area contributed by atoms with Gasteiger partial charge in [0.05, 0.1) is 18.2 Å². The fourth-order valence-electron chi connectivity index (χ4n) is 4.81. The number of aromatic amines is 1. The van der Waals surface area contributed by atoms with Gasteiger partial charge in [0.1, 0.15) is 11.5 Å². The van der Waals surface area contributed by atoms with Crippen LogP contribution in [0.3, 0.4) is 0 Å². The Hall–Kier alpha value is -2.71. The van der Waals surface area contributed by atoms with Gasteiger partial charge >= 0.3 is 0 Å². The second kappa shape index (κ2) is 11.1. The van der Waals surface area contributed by atoms with E-state index in [1.165, 1.54) is 18.4 Å². The number of hydrogen-bond donors (Lipinski definition) is 3. The predicted molar refractivity (Wildman–Crippen MR) is 139 cm³/mol. The first kappa shape index (κ1) is 26.4. The van der Waals surface area contributed by atoms with E-state index in [2.05, 4.69) is 34.2 Å². The molecular weight excluding hydrogens is 454 g/mol. The van der Waals surface area contributed by atoms with Crippen molar-refractivity contribution >= 4 is 11.8 Å². The van der Waals surface area contributed by atoms with E-state index >= 15 is 0 Å². The standard InChI is InChI=1S/C28H41N5O3/c1-28(2,3)24(29)27(36)33-18-21(34)15-23(33)25-30-16-22(31-25)26(35)32(17-20-12-13-20)14-8-7-11-19-9-5-4-6-10-19/h4-6,9-10,16,20-21,23-24,34H,7-8,11-15,17-18,29H2,1-3H3,(H,30,31)/t21-,23+,24-/m1/s1. The number of amides is 2. The largest absolute Gasteiger partial charge is 0.391 e. The Morgan fingerprint density at radius 1 is 1.22 bits per heavy atom. The van der Waals surface area contributed by atoms with E-state index in [0.717, 1.165) is 25.8 Å². The van der Waals surface area contributed by atoms with Crippen molar-refractivity contribution in [1.82, 2.24) is 19.8 Å². The van der Waals surface area contributed by atoms with Gasteiger partial charge in [-0.25, -0.2) is 4.98 Å². The number of nitrogens with two attached hydrogens (primary N) is 1. The van der Waals surface area contributed by atoms with Crippen molar-refractivity contribution in [3.63, 3.8) is 0 Å². The van der Waals surface area contributed by atoms with E-state index in [1.54, 1.807) is 11.1 Å². The van der Waals surface area contributed by atoms with Crippen molar-refractivity contribution in [2.75, 3.05) is 19.6 Å². The molecule has 3 atom stereocenters. The number of rotatable bonds is 10. The van der Waals surface area contributed by atoms with Crippen LogP contribution in [0.4, 0.5) is 0 Å². The molecule has 2 aromatic rings. The fourth-order valence-corrected chi connectivity index (χ4v) is 4.81. The molecule has 2 fully saturated rings. The number of H-pyrrole nitrogens is 1. The van der Waals surface area contributed by atoms with Gasteiger partial charge in [0.2, 0.25) is 5.91 Å². The number of aromatic nitrogens is 2. The van der Waals surface area contributed by atoms with Gasteiger partial charge in [-0.1, -0.05) is 51.1 Å². The maximum atomic E-state index is 13.4. The number of benzene rings is 1. The Morgan fingerprint density at radius 3 is 2.61 bits per heavy atom. The molecule has 1 saturated heterocycles. The van der Waals surface area contributed by atoms with E-state index in [9.17, 15) is 14.7 Å². The summed E-state index contributed by atoms with van der Waals surface area (Å²) < 4.78 is 0. The van der Waals surface area contributed by atoms with Crippen molar-refractivity contribution in [1.29, 1.82) is 0 Å². The molecule has 0 bridgehead atoms. The van der Waals surface area contributed by atoms with E-state index in [1.807, 2.05) is 31.7 Å². The highest BCUT2D eigenvalue weighted by atomic mass is 16.3. The zero-order chi connectivity index (χ0) is 25.9. The number of nitrogens with zero attached hydrogens (tertiary/aromatic N) is 3. The van der Waals surface area contributed by atoms with Crippen LogP contribution >= 0.6 is 0 Å². The van der Waals surface area contributed by atoms with Gasteiger partial charge in [0.15, 0.2) is 0 Å². The Kier molecular flexibility index (Phi) is 8.15. The number of nitrogens with one attached hydrogen (secondary N) is 1. The number of aryl methyl sites for hydroxylation is 1. The SMILES string of the molecule is CC(C)(C)[C@H](N)C(=O)N1C[C@H](O)C[C@H]1c1nc(C(=O)N(CCCCc2ccccc2)CC2CC2)c[nH]1. The fraction of sp³-hybridized carbons (Fsp3) is 0.607. The Morgan fingerprint density at radius 2 is 1.94 bits per heavy atom. The minimum absolute atomic E-state index is 0.0769. The lowest BCUT2D eigenvalue weighted by molar-refractivity contribution is -0.136. The molecule has 2 heterocycles. The highest BCUT2D eigenvalue weighted by Gasteiger charge is 2.41. The summed E-state index contributed by atoms with van der Waals surface area (Å²) in [7, 11) is 0. The molecule has 1 aromatic carbocycles. The number of hydrogen-bond acceptors (Lipinski definition) is 5. The number of aliphatic hydroxyl groups is 1. The van der Waals surface area contributed by atoms with Crippen molar-refractivity contribution in [3.05, 3.63) is 53.6 Å². The lowest BCUT2D eigenvalue weighted by Gasteiger charge is -2.32. The Balaban J connectivity index is 1.41. The lowest BCUT2D eigenvalue weighted by Crippen LogP contribution is -2.50. The summed E-state index contributed by atoms with van der Waals surface area (Å²) >= 11 is 0. The van der Waals surface area contributed by atoms with Crippen LogP contribution in [0.1, 0.15) is 80.8 Å². The first-order chi connectivity index (χ1) is 17.1. The van der Waals surface area contributed by atoms with Gasteiger partial charge < -0.3 is 25.6 Å². The van der Waals surface area contributed by atoms with Crippen LogP contribution in [0.25, 0.3) is 0 Å². The highest BCUT2D eigenvalue weighted by Crippen LogP contribution is 2.33. The minimum atomic E-state index is -0.689. The zero-order valence-corrected chi connectivity index (χ0v) is 21.8. The van der Waals surface area contributed by atoms with Gasteiger partial charge in [0, 0.05) is 32.3 Å². The normalized spacial score (nSPS) is 21.0. The second-order valence-corrected chi connectivity index (χ2v) is 11.5. The van der Waals surface area contributed by atoms with Crippen molar-refractivity contribution in [3.8, 4) is 0 Å². The summed E-state index contributed by atoms with van der Waals surface area (Å²) in [6.45, 7) is 7.46. The molecule has 4 N–H and O–H groups in total. The summed E-state index contributed by atoms with van der Waals surface area (Å²) in [4.78, 5) is 37.8. The molecule has 0 unspecified atom stereocenters. The van der Waals surface area contributed by atoms with Gasteiger partial charge in [-0.05, 0) is 49.0 Å². The number of carbonyl (C=O) groups is 2. The summed E-state index contributed by atoms with van der Waals surface area (Å²) in [6.07, 6.45) is 6.67. The van der Waals surface area contributed by atoms with E-state index in [4.69, 9.17) is 5.73 Å². The predicted octanol–water partition coefficient (Wildman–Crippen LogP) is 3.29. The number of imidazole rings is 1. The van der Waals surface area contributed by atoms with E-state index in [0.29, 0.717) is 30.4 Å². The topological polar surface area (TPSA) is 116 Å². The molecule has 0 radical (unpaired) electrons. The number of aliphatic hydroxyl groups excluding tert-OH is 1. The smallest absolute Gasteiger partial charge is 0.274 e. The highest BCUT2D eigenvalue weighted by molar-refractivity contribution is 5.92. The van der Waals surface area contributed by atoms with Gasteiger partial charge in [-0.15, -0.1) is 0 Å². The van der Waals surface area contributed by atoms with Crippen LogP contribution in [-0.4, -0.2) is 68.5 Å². The molecule has 2 aliphatic rings. The molecule has 1 aliphatic heterocycles. The minimum Gasteiger partial charge on any atom is -0.391 e. The third-order valence-corrected chi connectivity index (χ3v) is 7.34. The van der Waals surface area contributed by atoms with E-state index in [-0.39, 0.29) is 18.4 Å². The molecule has 8 nitrogen and oxygen atoms in total. The van der Waals surface area contributed by atoms with Crippen LogP contribution < -0.4 is 5.73 Å². The van der Waals surface area contributed by atoms with Gasteiger partial charge in [-0.2, -0.15) is 0 Å².